The number of nitrogens with one attached hydrogen (secondary N) is 2. The molecule has 0 spiro atoms. The second-order valence-corrected chi connectivity index (χ2v) is 5.72. The Bertz CT molecular complexity index is 684. The fourth-order valence-electron chi connectivity index (χ4n) is 2.09. The summed E-state index contributed by atoms with van der Waals surface area (Å²) >= 11 is 5.79. The molecular formula is C18H19ClN2O2. The molecule has 0 unspecified atom stereocenters. The number of amides is 2. The van der Waals surface area contributed by atoms with Gasteiger partial charge in [0.1, 0.15) is 0 Å². The predicted molar refractivity (Wildman–Crippen MR) is 91.2 cm³/mol. The summed E-state index contributed by atoms with van der Waals surface area (Å²) in [6, 6.07) is 14.9. The van der Waals surface area contributed by atoms with E-state index in [1.165, 1.54) is 0 Å². The van der Waals surface area contributed by atoms with Gasteiger partial charge in [0.05, 0.1) is 13.0 Å². The van der Waals surface area contributed by atoms with E-state index >= 15 is 0 Å². The van der Waals surface area contributed by atoms with Gasteiger partial charge in [0.15, 0.2) is 0 Å². The van der Waals surface area contributed by atoms with Crippen molar-refractivity contribution in [2.45, 2.75) is 19.9 Å². The van der Waals surface area contributed by atoms with Crippen molar-refractivity contribution in [3.05, 3.63) is 70.2 Å². The Kier molecular flexibility index (Phi) is 6.18. The largest absolute Gasteiger partial charge is 0.350 e. The number of aryl methyl sites for hydroxylation is 1. The standard InChI is InChI=1S/C18H19ClN2O2/c1-13-4-2-3-5-15(13)11-20-18(23)12-21-17(22)10-14-6-8-16(19)9-7-14/h2-9H,10-12H2,1H3,(H,20,23)(H,21,22). The summed E-state index contributed by atoms with van der Waals surface area (Å²) in [7, 11) is 0. The van der Waals surface area contributed by atoms with Crippen LogP contribution in [0.2, 0.25) is 5.02 Å². The number of carbonyl (C=O) groups is 2. The van der Waals surface area contributed by atoms with Crippen molar-refractivity contribution >= 4 is 23.4 Å². The third-order valence-corrected chi connectivity index (χ3v) is 3.71. The van der Waals surface area contributed by atoms with E-state index in [2.05, 4.69) is 10.6 Å². The smallest absolute Gasteiger partial charge is 0.239 e. The summed E-state index contributed by atoms with van der Waals surface area (Å²) in [4.78, 5) is 23.6. The Labute approximate surface area is 140 Å². The Hall–Kier alpha value is -2.33. The number of rotatable bonds is 6. The van der Waals surface area contributed by atoms with Crippen molar-refractivity contribution < 1.29 is 9.59 Å². The molecule has 23 heavy (non-hydrogen) atoms. The fourth-order valence-corrected chi connectivity index (χ4v) is 2.22. The van der Waals surface area contributed by atoms with Crippen LogP contribution in [-0.2, 0) is 22.6 Å². The molecule has 120 valence electrons. The molecule has 0 aliphatic carbocycles. The van der Waals surface area contributed by atoms with Gasteiger partial charge in [-0.3, -0.25) is 9.59 Å². The minimum atomic E-state index is -0.210. The quantitative estimate of drug-likeness (QED) is 0.855. The van der Waals surface area contributed by atoms with Gasteiger partial charge < -0.3 is 10.6 Å². The molecule has 2 N–H and O–H groups in total. The van der Waals surface area contributed by atoms with E-state index in [4.69, 9.17) is 11.6 Å². The van der Waals surface area contributed by atoms with E-state index in [0.717, 1.165) is 16.7 Å². The highest BCUT2D eigenvalue weighted by molar-refractivity contribution is 6.30. The first kappa shape index (κ1) is 17.0. The van der Waals surface area contributed by atoms with E-state index in [1.54, 1.807) is 24.3 Å². The lowest BCUT2D eigenvalue weighted by Crippen LogP contribution is -2.37. The second-order valence-electron chi connectivity index (χ2n) is 5.28. The van der Waals surface area contributed by atoms with E-state index in [0.29, 0.717) is 11.6 Å². The SMILES string of the molecule is Cc1ccccc1CNC(=O)CNC(=O)Cc1ccc(Cl)cc1. The van der Waals surface area contributed by atoms with E-state index < -0.39 is 0 Å². The first-order valence-corrected chi connectivity index (χ1v) is 7.75. The van der Waals surface area contributed by atoms with Crippen molar-refractivity contribution in [3.8, 4) is 0 Å². The Morgan fingerprint density at radius 1 is 0.957 bits per heavy atom. The summed E-state index contributed by atoms with van der Waals surface area (Å²) in [5.41, 5.74) is 3.04. The molecule has 0 bridgehead atoms. The van der Waals surface area contributed by atoms with Crippen molar-refractivity contribution in [1.29, 1.82) is 0 Å². The van der Waals surface area contributed by atoms with Gasteiger partial charge in [-0.25, -0.2) is 0 Å². The molecule has 0 atom stereocenters. The van der Waals surface area contributed by atoms with Gasteiger partial charge in [-0.2, -0.15) is 0 Å². The van der Waals surface area contributed by atoms with Gasteiger partial charge in [-0.1, -0.05) is 48.0 Å². The van der Waals surface area contributed by atoms with Gasteiger partial charge in [-0.05, 0) is 35.7 Å². The first-order valence-electron chi connectivity index (χ1n) is 7.37. The molecule has 0 aliphatic rings. The van der Waals surface area contributed by atoms with Crippen molar-refractivity contribution in [2.24, 2.45) is 0 Å². The Balaban J connectivity index is 1.72. The molecule has 0 saturated heterocycles. The number of hydrogen-bond acceptors (Lipinski definition) is 2. The first-order chi connectivity index (χ1) is 11.0. The van der Waals surface area contributed by atoms with Gasteiger partial charge in [-0.15, -0.1) is 0 Å². The van der Waals surface area contributed by atoms with Crippen LogP contribution in [0.4, 0.5) is 0 Å². The maximum absolute atomic E-state index is 11.8. The normalized spacial score (nSPS) is 10.2. The number of carbonyl (C=O) groups excluding carboxylic acids is 2. The zero-order valence-corrected chi connectivity index (χ0v) is 13.7. The van der Waals surface area contributed by atoms with Crippen LogP contribution in [0.5, 0.6) is 0 Å². The zero-order chi connectivity index (χ0) is 16.7. The molecule has 0 radical (unpaired) electrons. The molecule has 4 nitrogen and oxygen atoms in total. The lowest BCUT2D eigenvalue weighted by Gasteiger charge is -2.09. The Morgan fingerprint density at radius 3 is 2.35 bits per heavy atom. The van der Waals surface area contributed by atoms with Crippen molar-refractivity contribution in [2.75, 3.05) is 6.54 Å². The summed E-state index contributed by atoms with van der Waals surface area (Å²) in [6.07, 6.45) is 0.224. The van der Waals surface area contributed by atoms with Crippen molar-refractivity contribution in [1.82, 2.24) is 10.6 Å². The van der Waals surface area contributed by atoms with Crippen LogP contribution in [0, 0.1) is 6.92 Å². The summed E-state index contributed by atoms with van der Waals surface area (Å²) in [5.74, 6) is -0.406. The number of hydrogen-bond donors (Lipinski definition) is 2. The van der Waals surface area contributed by atoms with E-state index in [1.807, 2.05) is 31.2 Å². The van der Waals surface area contributed by atoms with Crippen LogP contribution in [0.3, 0.4) is 0 Å². The molecule has 0 aromatic heterocycles. The highest BCUT2D eigenvalue weighted by Crippen LogP contribution is 2.09. The molecule has 2 aromatic rings. The summed E-state index contributed by atoms with van der Waals surface area (Å²) in [5, 5.41) is 6.04. The Morgan fingerprint density at radius 2 is 1.65 bits per heavy atom. The molecule has 2 rings (SSSR count). The molecule has 0 aliphatic heterocycles. The average Bonchev–Trinajstić information content (AvgIpc) is 2.54. The van der Waals surface area contributed by atoms with E-state index in [9.17, 15) is 9.59 Å². The zero-order valence-electron chi connectivity index (χ0n) is 12.9. The predicted octanol–water partition coefficient (Wildman–Crippen LogP) is 2.62. The lowest BCUT2D eigenvalue weighted by atomic mass is 10.1. The molecule has 2 aromatic carbocycles. The van der Waals surface area contributed by atoms with E-state index in [-0.39, 0.29) is 24.8 Å². The molecule has 2 amide bonds. The topological polar surface area (TPSA) is 58.2 Å². The van der Waals surface area contributed by atoms with Crippen molar-refractivity contribution in [3.63, 3.8) is 0 Å². The highest BCUT2D eigenvalue weighted by atomic mass is 35.5. The van der Waals surface area contributed by atoms with Crippen LogP contribution >= 0.6 is 11.6 Å². The van der Waals surface area contributed by atoms with Gasteiger partial charge in [0, 0.05) is 11.6 Å². The summed E-state index contributed by atoms with van der Waals surface area (Å²) in [6.45, 7) is 2.42. The minimum absolute atomic E-state index is 0.0295. The number of benzene rings is 2. The maximum Gasteiger partial charge on any atom is 0.239 e. The summed E-state index contributed by atoms with van der Waals surface area (Å²) < 4.78 is 0. The molecule has 0 fully saturated rings. The highest BCUT2D eigenvalue weighted by Gasteiger charge is 2.07. The van der Waals surface area contributed by atoms with Gasteiger partial charge in [0.25, 0.3) is 0 Å². The minimum Gasteiger partial charge on any atom is -0.350 e. The van der Waals surface area contributed by atoms with Crippen LogP contribution < -0.4 is 10.6 Å². The van der Waals surface area contributed by atoms with Gasteiger partial charge >= 0.3 is 0 Å². The van der Waals surface area contributed by atoms with Crippen LogP contribution in [0.15, 0.2) is 48.5 Å². The maximum atomic E-state index is 11.8. The van der Waals surface area contributed by atoms with Crippen LogP contribution in [0.1, 0.15) is 16.7 Å². The lowest BCUT2D eigenvalue weighted by molar-refractivity contribution is -0.125. The molecule has 0 heterocycles. The fraction of sp³-hybridized carbons (Fsp3) is 0.222. The molecular weight excluding hydrogens is 312 g/mol. The molecule has 0 saturated carbocycles. The third kappa shape index (κ3) is 5.75. The van der Waals surface area contributed by atoms with Crippen LogP contribution in [-0.4, -0.2) is 18.4 Å². The third-order valence-electron chi connectivity index (χ3n) is 3.46. The monoisotopic (exact) mass is 330 g/mol. The average molecular weight is 331 g/mol. The second kappa shape index (κ2) is 8.34. The van der Waals surface area contributed by atoms with Crippen LogP contribution in [0.25, 0.3) is 0 Å². The van der Waals surface area contributed by atoms with Gasteiger partial charge in [0.2, 0.25) is 11.8 Å². The molecule has 5 heteroatoms. The number of halogens is 1.